The largest absolute Gasteiger partial charge is 0.306 e. The smallest absolute Gasteiger partial charge is 0.191 e. The number of thioether (sulfide) groups is 1. The van der Waals surface area contributed by atoms with Crippen molar-refractivity contribution >= 4 is 17.5 Å². The van der Waals surface area contributed by atoms with Gasteiger partial charge < -0.3 is 4.57 Å². The van der Waals surface area contributed by atoms with Crippen molar-refractivity contribution in [2.75, 3.05) is 0 Å². The van der Waals surface area contributed by atoms with Crippen molar-refractivity contribution < 1.29 is 4.79 Å². The van der Waals surface area contributed by atoms with Gasteiger partial charge in [-0.1, -0.05) is 56.8 Å². The number of hydrogen-bond acceptors (Lipinski definition) is 4. The highest BCUT2D eigenvalue weighted by Gasteiger charge is 2.31. The second-order valence-corrected chi connectivity index (χ2v) is 9.12. The third kappa shape index (κ3) is 3.97. The lowest BCUT2D eigenvalue weighted by Gasteiger charge is -2.19. The van der Waals surface area contributed by atoms with Crippen molar-refractivity contribution in [3.63, 3.8) is 0 Å². The average molecular weight is 358 g/mol. The first-order valence-corrected chi connectivity index (χ1v) is 9.93. The Labute approximate surface area is 154 Å². The van der Waals surface area contributed by atoms with Crippen LogP contribution < -0.4 is 0 Å². The van der Waals surface area contributed by atoms with Gasteiger partial charge in [-0.15, -0.1) is 10.2 Å². The number of rotatable bonds is 6. The summed E-state index contributed by atoms with van der Waals surface area (Å²) in [7, 11) is 0. The average Bonchev–Trinajstić information content (AvgIpc) is 3.34. The standard InChI is InChI=1S/C20H27N3OS/c1-6-23-18(15-7-8-15)21-22-19(23)25-13(2)17(24)14-9-11-16(12-10-14)20(3,4)5/h9-13,15H,6-8H2,1-5H3/t13-/m0/s1. The number of nitrogens with zero attached hydrogens (tertiary/aromatic N) is 3. The topological polar surface area (TPSA) is 47.8 Å². The monoisotopic (exact) mass is 357 g/mol. The number of aromatic nitrogens is 3. The Morgan fingerprint density at radius 2 is 1.88 bits per heavy atom. The fourth-order valence-electron chi connectivity index (χ4n) is 2.91. The molecule has 4 nitrogen and oxygen atoms in total. The Bertz CT molecular complexity index is 754. The second kappa shape index (κ2) is 6.94. The van der Waals surface area contributed by atoms with Gasteiger partial charge in [-0.25, -0.2) is 0 Å². The van der Waals surface area contributed by atoms with Gasteiger partial charge in [0.25, 0.3) is 0 Å². The van der Waals surface area contributed by atoms with Crippen LogP contribution in [0.25, 0.3) is 0 Å². The van der Waals surface area contributed by atoms with Crippen LogP contribution in [0.1, 0.15) is 75.1 Å². The van der Waals surface area contributed by atoms with Crippen LogP contribution in [-0.4, -0.2) is 25.8 Å². The van der Waals surface area contributed by atoms with E-state index in [1.165, 1.54) is 30.2 Å². The lowest BCUT2D eigenvalue weighted by molar-refractivity contribution is 0.0993. The maximum atomic E-state index is 12.8. The number of Topliss-reactive ketones (excluding diaryl/α,β-unsaturated/α-hetero) is 1. The molecule has 0 N–H and O–H groups in total. The van der Waals surface area contributed by atoms with Gasteiger partial charge in [0.05, 0.1) is 5.25 Å². The first-order valence-electron chi connectivity index (χ1n) is 9.05. The van der Waals surface area contributed by atoms with Crippen LogP contribution in [0, 0.1) is 0 Å². The maximum Gasteiger partial charge on any atom is 0.191 e. The Kier molecular flexibility index (Phi) is 5.05. The van der Waals surface area contributed by atoms with Gasteiger partial charge in [0.1, 0.15) is 5.82 Å². The molecule has 0 amide bonds. The zero-order valence-corrected chi connectivity index (χ0v) is 16.6. The molecule has 1 fully saturated rings. The zero-order valence-electron chi connectivity index (χ0n) is 15.7. The number of ketones is 1. The molecule has 1 saturated carbocycles. The molecule has 5 heteroatoms. The molecule has 1 aromatic carbocycles. The molecule has 0 bridgehead atoms. The fraction of sp³-hybridized carbons (Fsp3) is 0.550. The predicted molar refractivity (Wildman–Crippen MR) is 102 cm³/mol. The lowest BCUT2D eigenvalue weighted by Crippen LogP contribution is -2.16. The highest BCUT2D eigenvalue weighted by atomic mass is 32.2. The summed E-state index contributed by atoms with van der Waals surface area (Å²) in [6.45, 7) is 11.4. The molecule has 0 saturated heterocycles. The van der Waals surface area contributed by atoms with Gasteiger partial charge in [-0.05, 0) is 37.7 Å². The summed E-state index contributed by atoms with van der Waals surface area (Å²) in [4.78, 5) is 12.8. The first-order chi connectivity index (χ1) is 11.8. The third-order valence-corrected chi connectivity index (χ3v) is 5.77. The van der Waals surface area contributed by atoms with E-state index in [1.807, 2.05) is 19.1 Å². The van der Waals surface area contributed by atoms with Gasteiger partial charge in [0.15, 0.2) is 10.9 Å². The first kappa shape index (κ1) is 18.2. The molecule has 2 aromatic rings. The van der Waals surface area contributed by atoms with Crippen molar-refractivity contribution in [3.8, 4) is 0 Å². The minimum atomic E-state index is -0.179. The number of carbonyl (C=O) groups is 1. The van der Waals surface area contributed by atoms with E-state index in [1.54, 1.807) is 0 Å². The van der Waals surface area contributed by atoms with Gasteiger partial charge in [-0.3, -0.25) is 4.79 Å². The van der Waals surface area contributed by atoms with Crippen LogP contribution in [0.5, 0.6) is 0 Å². The van der Waals surface area contributed by atoms with Gasteiger partial charge in [0, 0.05) is 18.0 Å². The Morgan fingerprint density at radius 3 is 2.40 bits per heavy atom. The number of benzene rings is 1. The highest BCUT2D eigenvalue weighted by molar-refractivity contribution is 8.00. The molecule has 0 aliphatic heterocycles. The van der Waals surface area contributed by atoms with Crippen LogP contribution in [0.2, 0.25) is 0 Å². The van der Waals surface area contributed by atoms with Crippen molar-refractivity contribution in [2.45, 2.75) is 75.7 Å². The van der Waals surface area contributed by atoms with E-state index < -0.39 is 0 Å². The minimum Gasteiger partial charge on any atom is -0.306 e. The minimum absolute atomic E-state index is 0.0959. The normalized spacial score (nSPS) is 16.0. The number of hydrogen-bond donors (Lipinski definition) is 0. The van der Waals surface area contributed by atoms with Crippen molar-refractivity contribution in [1.29, 1.82) is 0 Å². The Morgan fingerprint density at radius 1 is 1.24 bits per heavy atom. The van der Waals surface area contributed by atoms with Gasteiger partial charge in [-0.2, -0.15) is 0 Å². The molecule has 1 aromatic heterocycles. The summed E-state index contributed by atoms with van der Waals surface area (Å²) in [6.07, 6.45) is 2.41. The van der Waals surface area contributed by atoms with Crippen molar-refractivity contribution in [1.82, 2.24) is 14.8 Å². The molecule has 25 heavy (non-hydrogen) atoms. The Balaban J connectivity index is 1.72. The second-order valence-electron chi connectivity index (χ2n) is 7.81. The fourth-order valence-corrected chi connectivity index (χ4v) is 3.91. The van der Waals surface area contributed by atoms with E-state index in [2.05, 4.69) is 54.6 Å². The molecule has 0 unspecified atom stereocenters. The van der Waals surface area contributed by atoms with Crippen LogP contribution in [-0.2, 0) is 12.0 Å². The maximum absolute atomic E-state index is 12.8. The molecular formula is C20H27N3OS. The van der Waals surface area contributed by atoms with Crippen LogP contribution >= 0.6 is 11.8 Å². The van der Waals surface area contributed by atoms with E-state index in [0.717, 1.165) is 23.1 Å². The van der Waals surface area contributed by atoms with Gasteiger partial charge >= 0.3 is 0 Å². The lowest BCUT2D eigenvalue weighted by atomic mass is 9.86. The SMILES string of the molecule is CCn1c(S[C@@H](C)C(=O)c2ccc(C(C)(C)C)cc2)nnc1C1CC1. The molecule has 3 rings (SSSR count). The van der Waals surface area contributed by atoms with E-state index in [9.17, 15) is 4.79 Å². The third-order valence-electron chi connectivity index (χ3n) is 4.69. The van der Waals surface area contributed by atoms with E-state index in [0.29, 0.717) is 5.92 Å². The quantitative estimate of drug-likeness (QED) is 0.548. The van der Waals surface area contributed by atoms with Crippen LogP contribution in [0.3, 0.4) is 0 Å². The molecular weight excluding hydrogens is 330 g/mol. The zero-order chi connectivity index (χ0) is 18.2. The van der Waals surface area contributed by atoms with E-state index in [-0.39, 0.29) is 16.4 Å². The predicted octanol–water partition coefficient (Wildman–Crippen LogP) is 4.84. The summed E-state index contributed by atoms with van der Waals surface area (Å²) in [5.74, 6) is 1.79. The van der Waals surface area contributed by atoms with Crippen molar-refractivity contribution in [3.05, 3.63) is 41.2 Å². The van der Waals surface area contributed by atoms with E-state index >= 15 is 0 Å². The van der Waals surface area contributed by atoms with Crippen LogP contribution in [0.4, 0.5) is 0 Å². The molecule has 0 spiro atoms. The molecule has 1 aliphatic rings. The molecule has 1 aliphatic carbocycles. The van der Waals surface area contributed by atoms with Crippen LogP contribution in [0.15, 0.2) is 29.4 Å². The summed E-state index contributed by atoms with van der Waals surface area (Å²) < 4.78 is 2.16. The molecule has 1 atom stereocenters. The summed E-state index contributed by atoms with van der Waals surface area (Å²) >= 11 is 1.51. The summed E-state index contributed by atoms with van der Waals surface area (Å²) in [5.41, 5.74) is 2.10. The summed E-state index contributed by atoms with van der Waals surface area (Å²) in [5, 5.41) is 9.37. The van der Waals surface area contributed by atoms with Crippen molar-refractivity contribution in [2.24, 2.45) is 0 Å². The Hall–Kier alpha value is -1.62. The summed E-state index contributed by atoms with van der Waals surface area (Å²) in [6, 6.07) is 8.01. The number of carbonyl (C=O) groups excluding carboxylic acids is 1. The molecule has 0 radical (unpaired) electrons. The van der Waals surface area contributed by atoms with Gasteiger partial charge in [0.2, 0.25) is 0 Å². The van der Waals surface area contributed by atoms with E-state index in [4.69, 9.17) is 0 Å². The molecule has 134 valence electrons. The molecule has 1 heterocycles. The highest BCUT2D eigenvalue weighted by Crippen LogP contribution is 2.40.